The van der Waals surface area contributed by atoms with Crippen molar-refractivity contribution in [3.05, 3.63) is 69.8 Å². The molecule has 0 aliphatic rings. The van der Waals surface area contributed by atoms with Crippen LogP contribution in [0.5, 0.6) is 0 Å². The molecule has 0 unspecified atom stereocenters. The fourth-order valence-corrected chi connectivity index (χ4v) is 2.15. The number of urea groups is 1. The zero-order valence-electron chi connectivity index (χ0n) is 14.9. The van der Waals surface area contributed by atoms with Crippen molar-refractivity contribution in [2.45, 2.75) is 19.6 Å². The second-order valence-electron chi connectivity index (χ2n) is 5.73. The summed E-state index contributed by atoms with van der Waals surface area (Å²) in [6.07, 6.45) is -1.33. The van der Waals surface area contributed by atoms with Crippen LogP contribution in [0.2, 0.25) is 0 Å². The van der Waals surface area contributed by atoms with E-state index in [1.807, 2.05) is 11.4 Å². The number of benzene rings is 2. The van der Waals surface area contributed by atoms with Crippen LogP contribution in [-0.4, -0.2) is 28.9 Å². The van der Waals surface area contributed by atoms with Crippen molar-refractivity contribution in [1.29, 1.82) is 0 Å². The van der Waals surface area contributed by atoms with E-state index in [2.05, 4.69) is 5.32 Å². The van der Waals surface area contributed by atoms with E-state index in [0.29, 0.717) is 0 Å². The maximum absolute atomic E-state index is 12.1. The topological polar surface area (TPSA) is 154 Å². The zero-order chi connectivity index (χ0) is 20.7. The summed E-state index contributed by atoms with van der Waals surface area (Å²) in [5.74, 6) is -1.88. The number of anilines is 1. The number of nitro groups is 1. The Hall–Kier alpha value is -3.95. The van der Waals surface area contributed by atoms with Crippen molar-refractivity contribution in [3.63, 3.8) is 0 Å². The van der Waals surface area contributed by atoms with Crippen LogP contribution in [-0.2, 0) is 16.1 Å². The first kappa shape index (κ1) is 20.4. The number of hydrogen-bond acceptors (Lipinski definition) is 7. The van der Waals surface area contributed by atoms with Crippen LogP contribution in [0.25, 0.3) is 0 Å². The number of nitrogen functional groups attached to an aromatic ring is 1. The van der Waals surface area contributed by atoms with Crippen molar-refractivity contribution >= 4 is 29.3 Å². The molecule has 0 spiro atoms. The molecule has 2 aromatic carbocycles. The van der Waals surface area contributed by atoms with E-state index < -0.39 is 28.9 Å². The molecular formula is C18H18N4O6. The Kier molecular flexibility index (Phi) is 6.63. The summed E-state index contributed by atoms with van der Waals surface area (Å²) < 4.78 is 4.94. The molecule has 10 heteroatoms. The summed E-state index contributed by atoms with van der Waals surface area (Å²) in [6, 6.07) is 11.6. The third-order valence-electron chi connectivity index (χ3n) is 3.65. The maximum atomic E-state index is 12.1. The van der Waals surface area contributed by atoms with E-state index in [-0.39, 0.29) is 23.5 Å². The Morgan fingerprint density at radius 1 is 1.18 bits per heavy atom. The van der Waals surface area contributed by atoms with Crippen LogP contribution in [0.4, 0.5) is 16.2 Å². The van der Waals surface area contributed by atoms with Crippen LogP contribution in [0, 0.1) is 10.1 Å². The molecule has 0 bridgehead atoms. The largest absolute Gasteiger partial charge is 0.449 e. The van der Waals surface area contributed by atoms with E-state index in [1.54, 1.807) is 24.3 Å². The van der Waals surface area contributed by atoms with Crippen molar-refractivity contribution in [2.24, 2.45) is 0 Å². The lowest BCUT2D eigenvalue weighted by atomic mass is 10.1. The first-order valence-electron chi connectivity index (χ1n) is 8.15. The van der Waals surface area contributed by atoms with Gasteiger partial charge in [-0.15, -0.1) is 0 Å². The highest BCUT2D eigenvalue weighted by atomic mass is 16.6. The minimum Gasteiger partial charge on any atom is -0.449 e. The first-order valence-corrected chi connectivity index (χ1v) is 8.15. The van der Waals surface area contributed by atoms with Crippen molar-refractivity contribution in [1.82, 2.24) is 10.6 Å². The molecule has 0 saturated heterocycles. The number of carbonyl (C=O) groups excluding carboxylic acids is 3. The average Bonchev–Trinajstić information content (AvgIpc) is 2.67. The van der Waals surface area contributed by atoms with Crippen molar-refractivity contribution in [2.75, 3.05) is 5.73 Å². The second kappa shape index (κ2) is 9.12. The molecule has 0 aliphatic heterocycles. The lowest BCUT2D eigenvalue weighted by molar-refractivity contribution is -0.384. The van der Waals surface area contributed by atoms with E-state index >= 15 is 0 Å². The van der Waals surface area contributed by atoms with Crippen LogP contribution in [0.3, 0.4) is 0 Å². The van der Waals surface area contributed by atoms with Gasteiger partial charge in [0, 0.05) is 24.4 Å². The molecule has 2 rings (SSSR count). The molecule has 0 saturated carbocycles. The summed E-state index contributed by atoms with van der Waals surface area (Å²) in [7, 11) is 0. The zero-order valence-corrected chi connectivity index (χ0v) is 14.9. The average molecular weight is 386 g/mol. The smallest absolute Gasteiger partial charge is 0.341 e. The van der Waals surface area contributed by atoms with E-state index in [1.165, 1.54) is 13.0 Å². The quantitative estimate of drug-likeness (QED) is 0.296. The van der Waals surface area contributed by atoms with E-state index in [9.17, 15) is 24.5 Å². The summed E-state index contributed by atoms with van der Waals surface area (Å²) in [5.41, 5.74) is 5.83. The monoisotopic (exact) mass is 386 g/mol. The molecule has 146 valence electrons. The second-order valence-corrected chi connectivity index (χ2v) is 5.73. The van der Waals surface area contributed by atoms with E-state index in [4.69, 9.17) is 10.5 Å². The van der Waals surface area contributed by atoms with Gasteiger partial charge in [0.05, 0.1) is 10.5 Å². The van der Waals surface area contributed by atoms with Crippen LogP contribution in [0.15, 0.2) is 48.5 Å². The van der Waals surface area contributed by atoms with Crippen molar-refractivity contribution < 1.29 is 24.0 Å². The highest BCUT2D eigenvalue weighted by Crippen LogP contribution is 2.20. The fourth-order valence-electron chi connectivity index (χ4n) is 2.15. The number of amides is 3. The molecule has 0 aliphatic carbocycles. The van der Waals surface area contributed by atoms with Crippen LogP contribution < -0.4 is 16.4 Å². The number of ether oxygens (including phenoxy) is 1. The van der Waals surface area contributed by atoms with Gasteiger partial charge in [-0.05, 0) is 18.6 Å². The lowest BCUT2D eigenvalue weighted by Gasteiger charge is -2.14. The van der Waals surface area contributed by atoms with Gasteiger partial charge in [0.1, 0.15) is 0 Å². The van der Waals surface area contributed by atoms with Gasteiger partial charge >= 0.3 is 12.0 Å². The van der Waals surface area contributed by atoms with E-state index in [0.717, 1.165) is 17.7 Å². The number of nitro benzene ring substituents is 1. The third kappa shape index (κ3) is 5.53. The Labute approximate surface area is 159 Å². The Balaban J connectivity index is 1.91. The van der Waals surface area contributed by atoms with Gasteiger partial charge in [-0.3, -0.25) is 20.2 Å². The van der Waals surface area contributed by atoms with Gasteiger partial charge in [-0.25, -0.2) is 9.59 Å². The lowest BCUT2D eigenvalue weighted by Crippen LogP contribution is -2.44. The summed E-state index contributed by atoms with van der Waals surface area (Å²) >= 11 is 0. The number of carbonyl (C=O) groups is 3. The Bertz CT molecular complexity index is 900. The number of nitrogens with two attached hydrogens (primary N) is 1. The molecule has 3 amide bonds. The summed E-state index contributed by atoms with van der Waals surface area (Å²) in [4.78, 5) is 46.0. The Morgan fingerprint density at radius 2 is 1.86 bits per heavy atom. The van der Waals surface area contributed by atoms with Gasteiger partial charge in [-0.1, -0.05) is 30.3 Å². The SMILES string of the molecule is C[C@H](OC(=O)c1cc([N+](=O)[O-])ccc1N)C(=O)NC(=O)NCc1ccccc1. The number of nitrogens with one attached hydrogen (secondary N) is 2. The number of hydrogen-bond donors (Lipinski definition) is 3. The maximum Gasteiger partial charge on any atom is 0.341 e. The van der Waals surface area contributed by atoms with Gasteiger partial charge < -0.3 is 15.8 Å². The molecule has 0 radical (unpaired) electrons. The predicted molar refractivity (Wildman–Crippen MR) is 99.2 cm³/mol. The minimum absolute atomic E-state index is 0.0381. The first-order chi connectivity index (χ1) is 13.3. The third-order valence-corrected chi connectivity index (χ3v) is 3.65. The van der Waals surface area contributed by atoms with Crippen molar-refractivity contribution in [3.8, 4) is 0 Å². The number of rotatable bonds is 6. The molecule has 0 aromatic heterocycles. The van der Waals surface area contributed by atoms with Crippen LogP contribution >= 0.6 is 0 Å². The molecule has 10 nitrogen and oxygen atoms in total. The van der Waals surface area contributed by atoms with Gasteiger partial charge in [0.25, 0.3) is 11.6 Å². The number of imide groups is 1. The molecular weight excluding hydrogens is 368 g/mol. The number of nitrogens with zero attached hydrogens (tertiary/aromatic N) is 1. The van der Waals surface area contributed by atoms with Gasteiger partial charge in [0.2, 0.25) is 0 Å². The molecule has 1 atom stereocenters. The molecule has 2 aromatic rings. The summed E-state index contributed by atoms with van der Waals surface area (Å²) in [5, 5.41) is 15.3. The predicted octanol–water partition coefficient (Wildman–Crippen LogP) is 1.75. The van der Waals surface area contributed by atoms with Gasteiger partial charge in [0.15, 0.2) is 6.10 Å². The Morgan fingerprint density at radius 3 is 2.50 bits per heavy atom. The molecule has 0 heterocycles. The fraction of sp³-hybridized carbons (Fsp3) is 0.167. The highest BCUT2D eigenvalue weighted by molar-refractivity contribution is 6.00. The number of esters is 1. The number of non-ortho nitro benzene ring substituents is 1. The standard InChI is InChI=1S/C18H18N4O6/c1-11(16(23)21-18(25)20-10-12-5-3-2-4-6-12)28-17(24)14-9-13(22(26)27)7-8-15(14)19/h2-9,11H,10,19H2,1H3,(H2,20,21,23,25)/t11-/m0/s1. The van der Waals surface area contributed by atoms with Gasteiger partial charge in [-0.2, -0.15) is 0 Å². The molecule has 0 fully saturated rings. The molecule has 4 N–H and O–H groups in total. The minimum atomic E-state index is -1.33. The summed E-state index contributed by atoms with van der Waals surface area (Å²) in [6.45, 7) is 1.46. The van der Waals surface area contributed by atoms with Crippen LogP contribution in [0.1, 0.15) is 22.8 Å². The highest BCUT2D eigenvalue weighted by Gasteiger charge is 2.23. The normalized spacial score (nSPS) is 11.2. The molecule has 28 heavy (non-hydrogen) atoms.